The molecule has 22 heavy (non-hydrogen) atoms. The number of aromatic nitrogens is 1. The van der Waals surface area contributed by atoms with Crippen LogP contribution in [0.5, 0.6) is 0 Å². The second-order valence-electron chi connectivity index (χ2n) is 5.43. The SMILES string of the molecule is CC(C)C(N)C(=O)Nc1ccc(SCc2cccnc2)cc1. The second-order valence-corrected chi connectivity index (χ2v) is 6.48. The van der Waals surface area contributed by atoms with Crippen LogP contribution in [0.25, 0.3) is 0 Å². The summed E-state index contributed by atoms with van der Waals surface area (Å²) in [5.74, 6) is 0.845. The van der Waals surface area contributed by atoms with Gasteiger partial charge in [-0.25, -0.2) is 0 Å². The Hall–Kier alpha value is -1.85. The smallest absolute Gasteiger partial charge is 0.241 e. The number of benzene rings is 1. The van der Waals surface area contributed by atoms with Crippen molar-refractivity contribution in [3.63, 3.8) is 0 Å². The van der Waals surface area contributed by atoms with Crippen LogP contribution in [0.1, 0.15) is 19.4 Å². The number of pyridine rings is 1. The third kappa shape index (κ3) is 4.86. The number of carbonyl (C=O) groups excluding carboxylic acids is 1. The summed E-state index contributed by atoms with van der Waals surface area (Å²) < 4.78 is 0. The topological polar surface area (TPSA) is 68.0 Å². The molecule has 1 aromatic carbocycles. The Morgan fingerprint density at radius 2 is 2.00 bits per heavy atom. The van der Waals surface area contributed by atoms with E-state index in [9.17, 15) is 4.79 Å². The van der Waals surface area contributed by atoms with E-state index in [2.05, 4.69) is 16.4 Å². The van der Waals surface area contributed by atoms with Crippen LogP contribution in [-0.2, 0) is 10.5 Å². The largest absolute Gasteiger partial charge is 0.325 e. The summed E-state index contributed by atoms with van der Waals surface area (Å²) in [6, 6.07) is 11.3. The van der Waals surface area contributed by atoms with Crippen molar-refractivity contribution < 1.29 is 4.79 Å². The molecule has 1 unspecified atom stereocenters. The van der Waals surface area contributed by atoms with Crippen molar-refractivity contribution in [3.05, 3.63) is 54.4 Å². The lowest BCUT2D eigenvalue weighted by Gasteiger charge is -2.15. The first-order chi connectivity index (χ1) is 10.6. The number of nitrogens with one attached hydrogen (secondary N) is 1. The lowest BCUT2D eigenvalue weighted by atomic mass is 10.1. The van der Waals surface area contributed by atoms with Crippen LogP contribution in [0.3, 0.4) is 0 Å². The quantitative estimate of drug-likeness (QED) is 0.803. The maximum absolute atomic E-state index is 11.9. The predicted octanol–water partition coefficient (Wildman–Crippen LogP) is 3.30. The molecule has 2 rings (SSSR count). The van der Waals surface area contributed by atoms with Gasteiger partial charge in [0, 0.05) is 28.7 Å². The number of anilines is 1. The normalized spacial score (nSPS) is 12.2. The number of amides is 1. The van der Waals surface area contributed by atoms with Crippen LogP contribution < -0.4 is 11.1 Å². The van der Waals surface area contributed by atoms with Gasteiger partial charge < -0.3 is 11.1 Å². The molecule has 2 aromatic rings. The molecule has 1 atom stereocenters. The zero-order valence-electron chi connectivity index (χ0n) is 12.8. The van der Waals surface area contributed by atoms with Crippen molar-refractivity contribution >= 4 is 23.4 Å². The molecule has 0 aliphatic heterocycles. The van der Waals surface area contributed by atoms with E-state index < -0.39 is 6.04 Å². The van der Waals surface area contributed by atoms with Crippen molar-refractivity contribution in [2.45, 2.75) is 30.5 Å². The molecular weight excluding hydrogens is 294 g/mol. The molecule has 1 heterocycles. The lowest BCUT2D eigenvalue weighted by molar-refractivity contribution is -0.118. The summed E-state index contributed by atoms with van der Waals surface area (Å²) in [6.07, 6.45) is 3.64. The summed E-state index contributed by atoms with van der Waals surface area (Å²) in [6.45, 7) is 3.87. The van der Waals surface area contributed by atoms with Crippen molar-refractivity contribution in [2.24, 2.45) is 11.7 Å². The molecule has 3 N–H and O–H groups in total. The van der Waals surface area contributed by atoms with Gasteiger partial charge in [-0.2, -0.15) is 0 Å². The van der Waals surface area contributed by atoms with Gasteiger partial charge in [-0.15, -0.1) is 11.8 Å². The number of carbonyl (C=O) groups is 1. The Kier molecular flexibility index (Phi) is 5.98. The first kappa shape index (κ1) is 16.5. The summed E-state index contributed by atoms with van der Waals surface area (Å²) in [5.41, 5.74) is 7.79. The molecule has 0 aliphatic carbocycles. The zero-order chi connectivity index (χ0) is 15.9. The van der Waals surface area contributed by atoms with Gasteiger partial charge >= 0.3 is 0 Å². The van der Waals surface area contributed by atoms with Crippen LogP contribution in [0.4, 0.5) is 5.69 Å². The van der Waals surface area contributed by atoms with Gasteiger partial charge in [0.2, 0.25) is 5.91 Å². The molecule has 0 fully saturated rings. The van der Waals surface area contributed by atoms with Crippen LogP contribution in [0.2, 0.25) is 0 Å². The van der Waals surface area contributed by atoms with E-state index in [4.69, 9.17) is 5.73 Å². The molecular formula is C17H21N3OS. The Balaban J connectivity index is 1.89. The number of nitrogens with two attached hydrogens (primary N) is 1. The van der Waals surface area contributed by atoms with E-state index in [0.717, 1.165) is 16.3 Å². The zero-order valence-corrected chi connectivity index (χ0v) is 13.6. The average molecular weight is 315 g/mol. The fourth-order valence-electron chi connectivity index (χ4n) is 1.81. The van der Waals surface area contributed by atoms with E-state index in [1.165, 1.54) is 5.56 Å². The summed E-state index contributed by atoms with van der Waals surface area (Å²) in [7, 11) is 0. The molecule has 0 spiro atoms. The van der Waals surface area contributed by atoms with E-state index in [0.29, 0.717) is 0 Å². The Bertz CT molecular complexity index is 599. The minimum Gasteiger partial charge on any atom is -0.325 e. The first-order valence-corrected chi connectivity index (χ1v) is 8.23. The summed E-state index contributed by atoms with van der Waals surface area (Å²) in [5, 5.41) is 2.84. The highest BCUT2D eigenvalue weighted by atomic mass is 32.2. The van der Waals surface area contributed by atoms with E-state index in [1.54, 1.807) is 18.0 Å². The van der Waals surface area contributed by atoms with Crippen molar-refractivity contribution in [1.82, 2.24) is 4.98 Å². The minimum atomic E-state index is -0.486. The molecule has 0 bridgehead atoms. The van der Waals surface area contributed by atoms with Crippen molar-refractivity contribution in [3.8, 4) is 0 Å². The summed E-state index contributed by atoms with van der Waals surface area (Å²) in [4.78, 5) is 17.2. The van der Waals surface area contributed by atoms with Crippen LogP contribution >= 0.6 is 11.8 Å². The highest BCUT2D eigenvalue weighted by molar-refractivity contribution is 7.98. The molecule has 0 saturated heterocycles. The van der Waals surface area contributed by atoms with Gasteiger partial charge in [-0.05, 0) is 41.8 Å². The van der Waals surface area contributed by atoms with Gasteiger partial charge in [0.15, 0.2) is 0 Å². The Morgan fingerprint density at radius 3 is 2.59 bits per heavy atom. The summed E-state index contributed by atoms with van der Waals surface area (Å²) >= 11 is 1.73. The third-order valence-corrected chi connectivity index (χ3v) is 4.35. The van der Waals surface area contributed by atoms with Crippen LogP contribution in [-0.4, -0.2) is 16.9 Å². The lowest BCUT2D eigenvalue weighted by Crippen LogP contribution is -2.39. The minimum absolute atomic E-state index is 0.120. The fourth-order valence-corrected chi connectivity index (χ4v) is 2.65. The molecule has 1 amide bonds. The monoisotopic (exact) mass is 315 g/mol. The third-order valence-electron chi connectivity index (χ3n) is 3.27. The number of hydrogen-bond donors (Lipinski definition) is 2. The predicted molar refractivity (Wildman–Crippen MR) is 91.7 cm³/mol. The van der Waals surface area contributed by atoms with E-state index in [-0.39, 0.29) is 11.8 Å². The maximum Gasteiger partial charge on any atom is 0.241 e. The molecule has 0 radical (unpaired) electrons. The molecule has 5 heteroatoms. The van der Waals surface area contributed by atoms with Crippen molar-refractivity contribution in [2.75, 3.05) is 5.32 Å². The van der Waals surface area contributed by atoms with E-state index >= 15 is 0 Å². The van der Waals surface area contributed by atoms with Gasteiger partial charge in [0.1, 0.15) is 0 Å². The van der Waals surface area contributed by atoms with Crippen LogP contribution in [0.15, 0.2) is 53.7 Å². The molecule has 116 valence electrons. The van der Waals surface area contributed by atoms with Gasteiger partial charge in [0.05, 0.1) is 6.04 Å². The Labute approximate surface area is 135 Å². The van der Waals surface area contributed by atoms with Gasteiger partial charge in [0.25, 0.3) is 0 Å². The van der Waals surface area contributed by atoms with Gasteiger partial charge in [-0.1, -0.05) is 19.9 Å². The number of nitrogens with zero attached hydrogens (tertiary/aromatic N) is 1. The number of hydrogen-bond acceptors (Lipinski definition) is 4. The number of rotatable bonds is 6. The molecule has 0 saturated carbocycles. The highest BCUT2D eigenvalue weighted by Gasteiger charge is 2.16. The standard InChI is InChI=1S/C17H21N3OS/c1-12(2)16(18)17(21)20-14-5-7-15(8-6-14)22-11-13-4-3-9-19-10-13/h3-10,12,16H,11,18H2,1-2H3,(H,20,21). The van der Waals surface area contributed by atoms with Crippen molar-refractivity contribution in [1.29, 1.82) is 0 Å². The highest BCUT2D eigenvalue weighted by Crippen LogP contribution is 2.24. The van der Waals surface area contributed by atoms with E-state index in [1.807, 2.05) is 50.4 Å². The maximum atomic E-state index is 11.9. The first-order valence-electron chi connectivity index (χ1n) is 7.24. The average Bonchev–Trinajstić information content (AvgIpc) is 2.54. The number of thioether (sulfide) groups is 1. The van der Waals surface area contributed by atoms with Crippen LogP contribution in [0, 0.1) is 5.92 Å². The molecule has 1 aromatic heterocycles. The molecule has 4 nitrogen and oxygen atoms in total. The fraction of sp³-hybridized carbons (Fsp3) is 0.294. The molecule has 0 aliphatic rings. The van der Waals surface area contributed by atoms with Gasteiger partial charge in [-0.3, -0.25) is 9.78 Å². The second kappa shape index (κ2) is 7.96. The Morgan fingerprint density at radius 1 is 1.27 bits per heavy atom.